The quantitative estimate of drug-likeness (QED) is 0.667. The molecule has 7 heteroatoms. The van der Waals surface area contributed by atoms with Gasteiger partial charge in [-0.05, 0) is 44.2 Å². The molecule has 3 rings (SSSR count). The monoisotopic (exact) mass is 378 g/mol. The second kappa shape index (κ2) is 8.43. The molecule has 1 aromatic carbocycles. The van der Waals surface area contributed by atoms with E-state index in [-0.39, 0.29) is 19.1 Å². The molecule has 0 radical (unpaired) electrons. The summed E-state index contributed by atoms with van der Waals surface area (Å²) < 4.78 is 5.53. The summed E-state index contributed by atoms with van der Waals surface area (Å²) in [6, 6.07) is 8.97. The highest BCUT2D eigenvalue weighted by molar-refractivity contribution is 7.14. The fourth-order valence-corrected chi connectivity index (χ4v) is 3.10. The zero-order valence-electron chi connectivity index (χ0n) is 15.0. The van der Waals surface area contributed by atoms with Crippen molar-refractivity contribution in [3.05, 3.63) is 58.4 Å². The first-order valence-corrected chi connectivity index (χ1v) is 9.08. The Morgan fingerprint density at radius 2 is 2.11 bits per heavy atom. The van der Waals surface area contributed by atoms with Crippen molar-refractivity contribution in [1.29, 1.82) is 0 Å². The summed E-state index contributed by atoms with van der Waals surface area (Å²) >= 11 is 1.55. The number of nitrogens with one attached hydrogen (secondary N) is 1. The van der Waals surface area contributed by atoms with Crippen molar-refractivity contribution in [2.24, 2.45) is 0 Å². The van der Waals surface area contributed by atoms with Crippen LogP contribution in [0, 0.1) is 26.2 Å². The predicted molar refractivity (Wildman–Crippen MR) is 105 cm³/mol. The lowest BCUT2D eigenvalue weighted by Crippen LogP contribution is -2.23. The fourth-order valence-electron chi connectivity index (χ4n) is 2.34. The summed E-state index contributed by atoms with van der Waals surface area (Å²) in [5, 5.41) is 11.7. The van der Waals surface area contributed by atoms with Crippen molar-refractivity contribution in [1.82, 2.24) is 20.5 Å². The first kappa shape index (κ1) is 18.5. The number of rotatable bonds is 6. The van der Waals surface area contributed by atoms with Gasteiger partial charge in [0.25, 0.3) is 5.91 Å². The average Bonchev–Trinajstić information content (AvgIpc) is 3.12. The van der Waals surface area contributed by atoms with Gasteiger partial charge < -0.3 is 10.1 Å². The van der Waals surface area contributed by atoms with Gasteiger partial charge in [-0.25, -0.2) is 4.98 Å². The third kappa shape index (κ3) is 4.90. The molecule has 1 N–H and O–H groups in total. The van der Waals surface area contributed by atoms with Crippen LogP contribution in [0.1, 0.15) is 26.6 Å². The molecule has 0 aliphatic heterocycles. The number of hydrogen-bond acceptors (Lipinski definition) is 6. The molecule has 27 heavy (non-hydrogen) atoms. The van der Waals surface area contributed by atoms with Gasteiger partial charge in [-0.1, -0.05) is 5.92 Å². The molecule has 0 aliphatic rings. The Labute approximate surface area is 161 Å². The van der Waals surface area contributed by atoms with E-state index in [2.05, 4.69) is 26.4 Å². The highest BCUT2D eigenvalue weighted by Crippen LogP contribution is 2.29. The molecule has 0 spiro atoms. The molecule has 0 fully saturated rings. The largest absolute Gasteiger partial charge is 0.481 e. The number of hydrogen-bond donors (Lipinski definition) is 1. The molecule has 0 atom stereocenters. The van der Waals surface area contributed by atoms with Gasteiger partial charge in [-0.15, -0.1) is 17.8 Å². The lowest BCUT2D eigenvalue weighted by atomic mass is 10.1. The molecule has 6 nitrogen and oxygen atoms in total. The normalized spacial score (nSPS) is 10.3. The number of carbonyl (C=O) groups is 1. The Morgan fingerprint density at radius 3 is 2.78 bits per heavy atom. The average molecular weight is 378 g/mol. The van der Waals surface area contributed by atoms with Crippen molar-refractivity contribution < 1.29 is 9.53 Å². The van der Waals surface area contributed by atoms with Crippen LogP contribution in [0.15, 0.2) is 36.5 Å². The second-order valence-corrected chi connectivity index (χ2v) is 7.10. The Bertz CT molecular complexity index is 990. The van der Waals surface area contributed by atoms with Crippen LogP contribution in [0.5, 0.6) is 5.75 Å². The first-order chi connectivity index (χ1) is 13.0. The lowest BCUT2D eigenvalue weighted by molar-refractivity contribution is 0.0950. The number of ether oxygens (including phenoxy) is 1. The number of thiazole rings is 1. The van der Waals surface area contributed by atoms with Gasteiger partial charge in [0.2, 0.25) is 0 Å². The molecule has 1 amide bonds. The van der Waals surface area contributed by atoms with Gasteiger partial charge in [-0.2, -0.15) is 10.2 Å². The van der Waals surface area contributed by atoms with Gasteiger partial charge >= 0.3 is 0 Å². The number of aryl methyl sites for hydroxylation is 2. The summed E-state index contributed by atoms with van der Waals surface area (Å²) in [6.07, 6.45) is 7.07. The summed E-state index contributed by atoms with van der Waals surface area (Å²) in [5.41, 5.74) is 2.78. The second-order valence-electron chi connectivity index (χ2n) is 5.86. The minimum Gasteiger partial charge on any atom is -0.481 e. The SMILES string of the molecule is C#CCOc1cc(C(=O)NCc2ccc(C)nn2)cc(-c2ncc(C)s2)c1. The maximum Gasteiger partial charge on any atom is 0.251 e. The number of carbonyl (C=O) groups excluding carboxylic acids is 1. The first-order valence-electron chi connectivity index (χ1n) is 8.26. The van der Waals surface area contributed by atoms with Crippen molar-refractivity contribution in [3.63, 3.8) is 0 Å². The van der Waals surface area contributed by atoms with Crippen molar-refractivity contribution in [3.8, 4) is 28.7 Å². The van der Waals surface area contributed by atoms with Crippen LogP contribution in [0.4, 0.5) is 0 Å². The molecule has 3 aromatic rings. The maximum atomic E-state index is 12.6. The van der Waals surface area contributed by atoms with Crippen LogP contribution in [0.2, 0.25) is 0 Å². The lowest BCUT2D eigenvalue weighted by Gasteiger charge is -2.09. The zero-order valence-corrected chi connectivity index (χ0v) is 15.8. The summed E-state index contributed by atoms with van der Waals surface area (Å²) in [7, 11) is 0. The van der Waals surface area contributed by atoms with E-state index in [4.69, 9.17) is 11.2 Å². The van der Waals surface area contributed by atoms with Gasteiger partial charge in [0.15, 0.2) is 0 Å². The third-order valence-corrected chi connectivity index (χ3v) is 4.60. The Kier molecular flexibility index (Phi) is 5.79. The van der Waals surface area contributed by atoms with Crippen LogP contribution in [0.3, 0.4) is 0 Å². The summed E-state index contributed by atoms with van der Waals surface area (Å²) in [5.74, 6) is 2.72. The van der Waals surface area contributed by atoms with Crippen LogP contribution < -0.4 is 10.1 Å². The minimum absolute atomic E-state index is 0.125. The highest BCUT2D eigenvalue weighted by Gasteiger charge is 2.13. The Hall–Kier alpha value is -3.24. The van der Waals surface area contributed by atoms with Gasteiger partial charge in [0.1, 0.15) is 17.4 Å². The number of amides is 1. The topological polar surface area (TPSA) is 77.0 Å². The smallest absolute Gasteiger partial charge is 0.251 e. The van der Waals surface area contributed by atoms with Gasteiger partial charge in [0, 0.05) is 22.2 Å². The summed E-state index contributed by atoms with van der Waals surface area (Å²) in [6.45, 7) is 4.25. The van der Waals surface area contributed by atoms with E-state index in [9.17, 15) is 4.79 Å². The van der Waals surface area contributed by atoms with E-state index in [1.54, 1.807) is 29.7 Å². The molecule has 136 valence electrons. The molecule has 2 heterocycles. The molecule has 2 aromatic heterocycles. The van der Waals surface area contributed by atoms with Gasteiger partial charge in [0.05, 0.1) is 17.9 Å². The van der Waals surface area contributed by atoms with Crippen LogP contribution >= 0.6 is 11.3 Å². The minimum atomic E-state index is -0.238. The van der Waals surface area contributed by atoms with E-state index in [1.807, 2.05) is 32.0 Å². The van der Waals surface area contributed by atoms with Gasteiger partial charge in [-0.3, -0.25) is 4.79 Å². The van der Waals surface area contributed by atoms with Crippen LogP contribution in [-0.2, 0) is 6.54 Å². The third-order valence-electron chi connectivity index (χ3n) is 3.64. The molecule has 0 saturated carbocycles. The number of aromatic nitrogens is 3. The molecular weight excluding hydrogens is 360 g/mol. The van der Waals surface area contributed by atoms with E-state index in [0.29, 0.717) is 17.0 Å². The van der Waals surface area contributed by atoms with Crippen molar-refractivity contribution >= 4 is 17.2 Å². The molecule has 0 unspecified atom stereocenters. The number of terminal acetylenes is 1. The molecule has 0 bridgehead atoms. The molecule has 0 saturated heterocycles. The number of nitrogens with zero attached hydrogens (tertiary/aromatic N) is 3. The molecule has 0 aliphatic carbocycles. The van der Waals surface area contributed by atoms with Crippen molar-refractivity contribution in [2.45, 2.75) is 20.4 Å². The van der Waals surface area contributed by atoms with E-state index < -0.39 is 0 Å². The van der Waals surface area contributed by atoms with E-state index >= 15 is 0 Å². The fraction of sp³-hybridized carbons (Fsp3) is 0.200. The molecular formula is C20H18N4O2S. The Balaban J connectivity index is 1.82. The Morgan fingerprint density at radius 1 is 1.26 bits per heavy atom. The maximum absolute atomic E-state index is 12.6. The van der Waals surface area contributed by atoms with Crippen molar-refractivity contribution in [2.75, 3.05) is 6.61 Å². The van der Waals surface area contributed by atoms with Crippen LogP contribution in [-0.4, -0.2) is 27.7 Å². The highest BCUT2D eigenvalue weighted by atomic mass is 32.1. The van der Waals surface area contributed by atoms with E-state index in [0.717, 1.165) is 21.1 Å². The number of benzene rings is 1. The standard InChI is InChI=1S/C20H18N4O2S/c1-4-7-26-18-9-15(8-16(10-18)20-22-11-14(3)27-20)19(25)21-12-17-6-5-13(2)23-24-17/h1,5-6,8-11H,7,12H2,2-3H3,(H,21,25). The predicted octanol–water partition coefficient (Wildman–Crippen LogP) is 3.16. The van der Waals surface area contributed by atoms with Crippen LogP contribution in [0.25, 0.3) is 10.6 Å². The summed E-state index contributed by atoms with van der Waals surface area (Å²) in [4.78, 5) is 18.1. The van der Waals surface area contributed by atoms with E-state index in [1.165, 1.54) is 0 Å². The zero-order chi connectivity index (χ0) is 19.2.